The van der Waals surface area contributed by atoms with Crippen LogP contribution < -0.4 is 5.56 Å². The van der Waals surface area contributed by atoms with E-state index in [1.54, 1.807) is 29.3 Å². The van der Waals surface area contributed by atoms with E-state index < -0.39 is 17.5 Å². The summed E-state index contributed by atoms with van der Waals surface area (Å²) in [6.07, 6.45) is 1.98. The Balaban J connectivity index is 1.64. The minimum absolute atomic E-state index is 0.109. The number of nitrogens with zero attached hydrogens (tertiary/aromatic N) is 3. The van der Waals surface area contributed by atoms with Gasteiger partial charge < -0.3 is 4.98 Å². The Bertz CT molecular complexity index is 1050. The summed E-state index contributed by atoms with van der Waals surface area (Å²) in [7, 11) is 0. The molecule has 27 heavy (non-hydrogen) atoms. The molecular weight excluding hydrogens is 357 g/mol. The second kappa shape index (κ2) is 6.96. The Kier molecular flexibility index (Phi) is 4.49. The molecule has 0 fully saturated rings. The zero-order valence-electron chi connectivity index (χ0n) is 14.2. The number of rotatable bonds is 3. The number of nitrogens with one attached hydrogen (secondary N) is 1. The molecule has 1 N–H and O–H groups in total. The number of hydrogen-bond acceptors (Lipinski definition) is 4. The maximum Gasteiger partial charge on any atom is 0.254 e. The van der Waals surface area contributed by atoms with Crippen molar-refractivity contribution in [2.45, 2.75) is 19.5 Å². The molecule has 3 aromatic rings. The van der Waals surface area contributed by atoms with Gasteiger partial charge in [0, 0.05) is 37.0 Å². The Hall–Kier alpha value is -3.00. The topological polar surface area (TPSA) is 61.9 Å². The van der Waals surface area contributed by atoms with Crippen LogP contribution in [-0.2, 0) is 19.5 Å². The molecule has 1 aliphatic heterocycles. The number of aromatic amines is 1. The molecule has 0 aliphatic carbocycles. The van der Waals surface area contributed by atoms with Crippen molar-refractivity contribution in [2.75, 3.05) is 6.54 Å². The predicted octanol–water partition coefficient (Wildman–Crippen LogP) is 2.81. The van der Waals surface area contributed by atoms with Gasteiger partial charge in [0.05, 0.1) is 5.69 Å². The van der Waals surface area contributed by atoms with Crippen LogP contribution in [0.25, 0.3) is 11.5 Å². The normalized spacial score (nSPS) is 14.2. The number of pyridine rings is 1. The van der Waals surface area contributed by atoms with Crippen molar-refractivity contribution in [1.29, 1.82) is 0 Å². The summed E-state index contributed by atoms with van der Waals surface area (Å²) in [5, 5.41) is 0. The van der Waals surface area contributed by atoms with Gasteiger partial charge in [-0.15, -0.1) is 0 Å². The molecule has 0 bridgehead atoms. The number of benzene rings is 1. The maximum atomic E-state index is 13.9. The highest BCUT2D eigenvalue weighted by Crippen LogP contribution is 2.22. The lowest BCUT2D eigenvalue weighted by Crippen LogP contribution is -2.35. The standard InChI is InChI=1S/C19H15F3N4O/c20-13-4-5-14(21)17(22)12(13)9-26-8-6-11-16(10-26)24-18(25-19(11)27)15-3-1-2-7-23-15/h1-5,7H,6,8-10H2,(H,24,25,27). The quantitative estimate of drug-likeness (QED) is 0.719. The van der Waals surface area contributed by atoms with Crippen LogP contribution in [0.3, 0.4) is 0 Å². The third kappa shape index (κ3) is 3.35. The summed E-state index contributed by atoms with van der Waals surface area (Å²) in [5.41, 5.74) is 1.03. The molecule has 0 spiro atoms. The van der Waals surface area contributed by atoms with Crippen LogP contribution in [0.5, 0.6) is 0 Å². The number of aromatic nitrogens is 3. The highest BCUT2D eigenvalue weighted by Gasteiger charge is 2.24. The van der Waals surface area contributed by atoms with Crippen LogP contribution in [0.15, 0.2) is 41.3 Å². The lowest BCUT2D eigenvalue weighted by atomic mass is 10.0. The molecule has 5 nitrogen and oxygen atoms in total. The Morgan fingerprint density at radius 2 is 1.93 bits per heavy atom. The zero-order chi connectivity index (χ0) is 19.0. The molecule has 0 radical (unpaired) electrons. The van der Waals surface area contributed by atoms with Gasteiger partial charge in [0.25, 0.3) is 5.56 Å². The first-order valence-corrected chi connectivity index (χ1v) is 8.41. The minimum atomic E-state index is -1.19. The predicted molar refractivity (Wildman–Crippen MR) is 92.2 cm³/mol. The van der Waals surface area contributed by atoms with Crippen molar-refractivity contribution in [1.82, 2.24) is 19.9 Å². The van der Waals surface area contributed by atoms with Crippen molar-refractivity contribution < 1.29 is 13.2 Å². The van der Waals surface area contributed by atoms with Gasteiger partial charge in [-0.2, -0.15) is 0 Å². The van der Waals surface area contributed by atoms with Gasteiger partial charge in [0.2, 0.25) is 0 Å². The van der Waals surface area contributed by atoms with Crippen molar-refractivity contribution >= 4 is 0 Å². The van der Waals surface area contributed by atoms with E-state index in [0.29, 0.717) is 35.7 Å². The third-order valence-corrected chi connectivity index (χ3v) is 4.58. The maximum absolute atomic E-state index is 13.9. The summed E-state index contributed by atoms with van der Waals surface area (Å²) in [6.45, 7) is 0.535. The highest BCUT2D eigenvalue weighted by atomic mass is 19.2. The molecule has 0 saturated heterocycles. The van der Waals surface area contributed by atoms with E-state index in [0.717, 1.165) is 12.1 Å². The first kappa shape index (κ1) is 17.4. The molecule has 0 amide bonds. The van der Waals surface area contributed by atoms with Crippen molar-refractivity contribution in [3.05, 3.63) is 81.2 Å². The van der Waals surface area contributed by atoms with E-state index in [-0.39, 0.29) is 24.2 Å². The summed E-state index contributed by atoms with van der Waals surface area (Å²) in [4.78, 5) is 25.5. The summed E-state index contributed by atoms with van der Waals surface area (Å²) in [5.74, 6) is -2.73. The van der Waals surface area contributed by atoms with Gasteiger partial charge in [-0.1, -0.05) is 6.07 Å². The van der Waals surface area contributed by atoms with Gasteiger partial charge >= 0.3 is 0 Å². The molecule has 1 aliphatic rings. The lowest BCUT2D eigenvalue weighted by molar-refractivity contribution is 0.232. The van der Waals surface area contributed by atoms with E-state index >= 15 is 0 Å². The average molecular weight is 372 g/mol. The first-order valence-electron chi connectivity index (χ1n) is 8.41. The van der Waals surface area contributed by atoms with E-state index in [1.807, 2.05) is 0 Å². The van der Waals surface area contributed by atoms with Gasteiger partial charge in [-0.05, 0) is 30.7 Å². The van der Waals surface area contributed by atoms with Gasteiger partial charge in [-0.25, -0.2) is 18.2 Å². The van der Waals surface area contributed by atoms with Gasteiger partial charge in [-0.3, -0.25) is 14.7 Å². The summed E-state index contributed by atoms with van der Waals surface area (Å²) < 4.78 is 41.3. The van der Waals surface area contributed by atoms with Crippen LogP contribution in [0, 0.1) is 17.5 Å². The molecule has 138 valence electrons. The van der Waals surface area contributed by atoms with Gasteiger partial charge in [0.1, 0.15) is 11.5 Å². The number of H-pyrrole nitrogens is 1. The molecule has 0 saturated carbocycles. The summed E-state index contributed by atoms with van der Waals surface area (Å²) in [6, 6.07) is 6.93. The van der Waals surface area contributed by atoms with Crippen molar-refractivity contribution in [2.24, 2.45) is 0 Å². The fourth-order valence-electron chi connectivity index (χ4n) is 3.19. The van der Waals surface area contributed by atoms with E-state index in [4.69, 9.17) is 0 Å². The van der Waals surface area contributed by atoms with Crippen LogP contribution in [0.2, 0.25) is 0 Å². The minimum Gasteiger partial charge on any atom is -0.305 e. The number of fused-ring (bicyclic) bond motifs is 1. The highest BCUT2D eigenvalue weighted by molar-refractivity contribution is 5.49. The molecule has 3 heterocycles. The Morgan fingerprint density at radius 3 is 2.70 bits per heavy atom. The van der Waals surface area contributed by atoms with Crippen LogP contribution in [-0.4, -0.2) is 26.4 Å². The zero-order valence-corrected chi connectivity index (χ0v) is 14.2. The number of halogens is 3. The van der Waals surface area contributed by atoms with Crippen LogP contribution in [0.4, 0.5) is 13.2 Å². The van der Waals surface area contributed by atoms with Crippen molar-refractivity contribution in [3.63, 3.8) is 0 Å². The average Bonchev–Trinajstić information content (AvgIpc) is 2.68. The molecule has 0 atom stereocenters. The Labute approximate surface area is 152 Å². The third-order valence-electron chi connectivity index (χ3n) is 4.58. The molecule has 0 unspecified atom stereocenters. The smallest absolute Gasteiger partial charge is 0.254 e. The number of hydrogen-bond donors (Lipinski definition) is 1. The van der Waals surface area contributed by atoms with E-state index in [9.17, 15) is 18.0 Å². The molecule has 2 aromatic heterocycles. The second-order valence-corrected chi connectivity index (χ2v) is 6.34. The lowest BCUT2D eigenvalue weighted by Gasteiger charge is -2.28. The Morgan fingerprint density at radius 1 is 1.11 bits per heavy atom. The fourth-order valence-corrected chi connectivity index (χ4v) is 3.19. The van der Waals surface area contributed by atoms with E-state index in [1.165, 1.54) is 0 Å². The monoisotopic (exact) mass is 372 g/mol. The largest absolute Gasteiger partial charge is 0.305 e. The van der Waals surface area contributed by atoms with Crippen LogP contribution >= 0.6 is 0 Å². The molecule has 8 heteroatoms. The SMILES string of the molecule is O=c1[nH]c(-c2ccccn2)nc2c1CCN(Cc1c(F)ccc(F)c1F)C2. The molecule has 1 aromatic carbocycles. The van der Waals surface area contributed by atoms with Gasteiger partial charge in [0.15, 0.2) is 17.5 Å². The first-order chi connectivity index (χ1) is 13.0. The van der Waals surface area contributed by atoms with E-state index in [2.05, 4.69) is 15.0 Å². The molecular formula is C19H15F3N4O. The summed E-state index contributed by atoms with van der Waals surface area (Å²) >= 11 is 0. The second-order valence-electron chi connectivity index (χ2n) is 6.34. The van der Waals surface area contributed by atoms with Crippen LogP contribution in [0.1, 0.15) is 16.8 Å². The fraction of sp³-hybridized carbons (Fsp3) is 0.211. The molecule has 4 rings (SSSR count). The van der Waals surface area contributed by atoms with Crippen molar-refractivity contribution in [3.8, 4) is 11.5 Å².